The zero-order valence-electron chi connectivity index (χ0n) is 6.64. The lowest BCUT2D eigenvalue weighted by molar-refractivity contribution is 1.62. The van der Waals surface area contributed by atoms with E-state index in [0.29, 0.717) is 0 Å². The molecular formula is C9H12S. The van der Waals surface area contributed by atoms with Crippen LogP contribution in [-0.2, 0) is 0 Å². The molecule has 0 aliphatic carbocycles. The average Bonchev–Trinajstić information content (AvgIpc) is 2.34. The van der Waals surface area contributed by atoms with E-state index in [0.717, 1.165) is 0 Å². The summed E-state index contributed by atoms with van der Waals surface area (Å²) in [4.78, 5) is 2.77. The quantitative estimate of drug-likeness (QED) is 0.578. The summed E-state index contributed by atoms with van der Waals surface area (Å²) in [5, 5.41) is 0. The average molecular weight is 152 g/mol. The van der Waals surface area contributed by atoms with Crippen LogP contribution in [0.25, 0.3) is 5.57 Å². The van der Waals surface area contributed by atoms with E-state index in [2.05, 4.69) is 39.0 Å². The highest BCUT2D eigenvalue weighted by molar-refractivity contribution is 7.13. The van der Waals surface area contributed by atoms with Crippen molar-refractivity contribution in [2.45, 2.75) is 20.8 Å². The van der Waals surface area contributed by atoms with E-state index < -0.39 is 0 Å². The lowest BCUT2D eigenvalue weighted by atomic mass is 10.2. The fourth-order valence-corrected chi connectivity index (χ4v) is 1.69. The van der Waals surface area contributed by atoms with Gasteiger partial charge in [0, 0.05) is 9.75 Å². The van der Waals surface area contributed by atoms with E-state index in [1.807, 2.05) is 11.3 Å². The normalized spacial score (nSPS) is 12.1. The van der Waals surface area contributed by atoms with Gasteiger partial charge in [0.05, 0.1) is 0 Å². The summed E-state index contributed by atoms with van der Waals surface area (Å²) in [7, 11) is 0. The Kier molecular flexibility index (Phi) is 2.28. The number of aryl methyl sites for hydroxylation is 1. The number of hydrogen-bond donors (Lipinski definition) is 0. The maximum atomic E-state index is 2.18. The Morgan fingerprint density at radius 1 is 1.50 bits per heavy atom. The van der Waals surface area contributed by atoms with Crippen LogP contribution >= 0.6 is 11.3 Å². The van der Waals surface area contributed by atoms with Crippen molar-refractivity contribution in [3.63, 3.8) is 0 Å². The number of allylic oxidation sites excluding steroid dienone is 2. The molecule has 1 aromatic heterocycles. The van der Waals surface area contributed by atoms with Gasteiger partial charge in [-0.1, -0.05) is 6.08 Å². The van der Waals surface area contributed by atoms with Gasteiger partial charge in [-0.05, 0) is 38.5 Å². The maximum Gasteiger partial charge on any atom is 0.0299 e. The minimum Gasteiger partial charge on any atom is -0.141 e. The smallest absolute Gasteiger partial charge is 0.0299 e. The maximum absolute atomic E-state index is 2.18. The molecule has 0 bridgehead atoms. The van der Waals surface area contributed by atoms with Crippen molar-refractivity contribution in [1.82, 2.24) is 0 Å². The van der Waals surface area contributed by atoms with Crippen LogP contribution in [0.2, 0.25) is 0 Å². The summed E-state index contributed by atoms with van der Waals surface area (Å²) >= 11 is 1.85. The highest BCUT2D eigenvalue weighted by atomic mass is 32.1. The van der Waals surface area contributed by atoms with Crippen LogP contribution in [0, 0.1) is 6.92 Å². The Morgan fingerprint density at radius 3 is 2.60 bits per heavy atom. The molecule has 0 atom stereocenters. The molecule has 1 heterocycles. The van der Waals surface area contributed by atoms with E-state index in [9.17, 15) is 0 Å². The van der Waals surface area contributed by atoms with Crippen molar-refractivity contribution in [1.29, 1.82) is 0 Å². The molecule has 0 N–H and O–H groups in total. The molecule has 10 heavy (non-hydrogen) atoms. The molecule has 0 unspecified atom stereocenters. The van der Waals surface area contributed by atoms with Gasteiger partial charge < -0.3 is 0 Å². The molecule has 54 valence electrons. The minimum absolute atomic E-state index is 1.37. The predicted molar refractivity (Wildman–Crippen MR) is 48.4 cm³/mol. The molecule has 0 aliphatic rings. The van der Waals surface area contributed by atoms with Crippen molar-refractivity contribution >= 4 is 16.9 Å². The summed E-state index contributed by atoms with van der Waals surface area (Å²) in [6.45, 7) is 6.35. The molecule has 0 aromatic carbocycles. The van der Waals surface area contributed by atoms with Crippen LogP contribution in [0.1, 0.15) is 23.6 Å². The van der Waals surface area contributed by atoms with Gasteiger partial charge in [-0.3, -0.25) is 0 Å². The first-order chi connectivity index (χ1) is 4.74. The molecule has 0 nitrogen and oxygen atoms in total. The lowest BCUT2D eigenvalue weighted by Crippen LogP contribution is -1.66. The van der Waals surface area contributed by atoms with Gasteiger partial charge in [0.15, 0.2) is 0 Å². The fourth-order valence-electron chi connectivity index (χ4n) is 0.789. The van der Waals surface area contributed by atoms with Gasteiger partial charge in [-0.15, -0.1) is 11.3 Å². The lowest BCUT2D eigenvalue weighted by Gasteiger charge is -1.91. The van der Waals surface area contributed by atoms with Crippen LogP contribution in [0.5, 0.6) is 0 Å². The van der Waals surface area contributed by atoms with E-state index in [4.69, 9.17) is 0 Å². The third-order valence-electron chi connectivity index (χ3n) is 1.56. The van der Waals surface area contributed by atoms with Gasteiger partial charge in [0.2, 0.25) is 0 Å². The zero-order valence-corrected chi connectivity index (χ0v) is 7.46. The standard InChI is InChI=1S/C9H12S/c1-4-7(2)9-6-5-8(3)10-9/h4-6H,1-3H3/b7-4+. The summed E-state index contributed by atoms with van der Waals surface area (Å²) < 4.78 is 0. The van der Waals surface area contributed by atoms with Crippen molar-refractivity contribution in [2.24, 2.45) is 0 Å². The highest BCUT2D eigenvalue weighted by Gasteiger charge is 1.95. The first kappa shape index (κ1) is 7.55. The largest absolute Gasteiger partial charge is 0.141 e. The van der Waals surface area contributed by atoms with Crippen molar-refractivity contribution < 1.29 is 0 Å². The SMILES string of the molecule is C/C=C(\C)c1ccc(C)s1. The number of hydrogen-bond acceptors (Lipinski definition) is 1. The molecular weight excluding hydrogens is 140 g/mol. The van der Waals surface area contributed by atoms with Gasteiger partial charge in [-0.25, -0.2) is 0 Å². The van der Waals surface area contributed by atoms with E-state index >= 15 is 0 Å². The summed E-state index contributed by atoms with van der Waals surface area (Å²) in [6.07, 6.45) is 2.14. The Hall–Kier alpha value is -0.560. The molecule has 0 amide bonds. The van der Waals surface area contributed by atoms with E-state index in [1.165, 1.54) is 15.3 Å². The molecule has 0 aliphatic heterocycles. The predicted octanol–water partition coefficient (Wildman–Crippen LogP) is 3.48. The second-order valence-corrected chi connectivity index (χ2v) is 3.67. The first-order valence-electron chi connectivity index (χ1n) is 3.43. The zero-order chi connectivity index (χ0) is 7.56. The van der Waals surface area contributed by atoms with Crippen LogP contribution in [0.4, 0.5) is 0 Å². The van der Waals surface area contributed by atoms with Crippen LogP contribution in [-0.4, -0.2) is 0 Å². The molecule has 1 heteroatoms. The fraction of sp³-hybridized carbons (Fsp3) is 0.333. The Bertz CT molecular complexity index is 243. The summed E-state index contributed by atoms with van der Waals surface area (Å²) in [5.74, 6) is 0. The number of thiophene rings is 1. The Labute approximate surface area is 66.2 Å². The van der Waals surface area contributed by atoms with Crippen molar-refractivity contribution in [3.8, 4) is 0 Å². The van der Waals surface area contributed by atoms with Crippen LogP contribution in [0.3, 0.4) is 0 Å². The van der Waals surface area contributed by atoms with Crippen molar-refractivity contribution in [2.75, 3.05) is 0 Å². The third-order valence-corrected chi connectivity index (χ3v) is 2.70. The molecule has 0 spiro atoms. The Balaban J connectivity index is 2.95. The van der Waals surface area contributed by atoms with Crippen LogP contribution < -0.4 is 0 Å². The van der Waals surface area contributed by atoms with Crippen LogP contribution in [0.15, 0.2) is 18.2 Å². The summed E-state index contributed by atoms with van der Waals surface area (Å²) in [5.41, 5.74) is 1.37. The summed E-state index contributed by atoms with van der Waals surface area (Å²) in [6, 6.07) is 4.34. The van der Waals surface area contributed by atoms with Gasteiger partial charge in [0.25, 0.3) is 0 Å². The Morgan fingerprint density at radius 2 is 2.20 bits per heavy atom. The molecule has 1 rings (SSSR count). The van der Waals surface area contributed by atoms with E-state index in [1.54, 1.807) is 0 Å². The molecule has 0 radical (unpaired) electrons. The number of rotatable bonds is 1. The van der Waals surface area contributed by atoms with Gasteiger partial charge in [0.1, 0.15) is 0 Å². The van der Waals surface area contributed by atoms with Gasteiger partial charge >= 0.3 is 0 Å². The molecule has 0 saturated heterocycles. The monoisotopic (exact) mass is 152 g/mol. The second kappa shape index (κ2) is 3.02. The molecule has 0 fully saturated rings. The molecule has 1 aromatic rings. The van der Waals surface area contributed by atoms with Gasteiger partial charge in [-0.2, -0.15) is 0 Å². The molecule has 0 saturated carbocycles. The minimum atomic E-state index is 1.37. The third kappa shape index (κ3) is 1.48. The second-order valence-electron chi connectivity index (χ2n) is 2.38. The van der Waals surface area contributed by atoms with Crippen molar-refractivity contribution in [3.05, 3.63) is 28.0 Å². The topological polar surface area (TPSA) is 0 Å². The first-order valence-corrected chi connectivity index (χ1v) is 4.25. The highest BCUT2D eigenvalue weighted by Crippen LogP contribution is 2.22. The van der Waals surface area contributed by atoms with E-state index in [-0.39, 0.29) is 0 Å².